The fourth-order valence-corrected chi connectivity index (χ4v) is 3.08. The lowest BCUT2D eigenvalue weighted by Gasteiger charge is -2.26. The molecule has 128 valence electrons. The van der Waals surface area contributed by atoms with Crippen LogP contribution >= 0.6 is 0 Å². The fourth-order valence-electron chi connectivity index (χ4n) is 3.08. The van der Waals surface area contributed by atoms with Crippen LogP contribution in [-0.2, 0) is 6.54 Å². The number of carbonyl (C=O) groups excluding carboxylic acids is 1. The van der Waals surface area contributed by atoms with Crippen molar-refractivity contribution in [2.24, 2.45) is 0 Å². The molecule has 0 bridgehead atoms. The molecule has 2 amide bonds. The van der Waals surface area contributed by atoms with Gasteiger partial charge in [-0.15, -0.1) is 0 Å². The summed E-state index contributed by atoms with van der Waals surface area (Å²) < 4.78 is 5.57. The molecule has 2 N–H and O–H groups in total. The zero-order valence-corrected chi connectivity index (χ0v) is 14.1. The van der Waals surface area contributed by atoms with E-state index in [4.69, 9.17) is 4.42 Å². The van der Waals surface area contributed by atoms with Gasteiger partial charge in [0, 0.05) is 13.1 Å². The number of aryl methyl sites for hydroxylation is 1. The maximum Gasteiger partial charge on any atom is 0.315 e. The lowest BCUT2D eigenvalue weighted by Crippen LogP contribution is -2.41. The zero-order valence-electron chi connectivity index (χ0n) is 14.1. The van der Waals surface area contributed by atoms with Crippen molar-refractivity contribution >= 4 is 6.03 Å². The molecule has 2 aromatic rings. The highest BCUT2D eigenvalue weighted by Gasteiger charge is 2.25. The Kier molecular flexibility index (Phi) is 5.54. The first-order chi connectivity index (χ1) is 11.7. The first-order valence-electron chi connectivity index (χ1n) is 8.57. The molecule has 3 rings (SSSR count). The molecule has 1 aliphatic rings. The van der Waals surface area contributed by atoms with Crippen LogP contribution in [0, 0.1) is 6.92 Å². The summed E-state index contributed by atoms with van der Waals surface area (Å²) in [6.45, 7) is 5.24. The Morgan fingerprint density at radius 2 is 1.92 bits per heavy atom. The third kappa shape index (κ3) is 4.38. The summed E-state index contributed by atoms with van der Waals surface area (Å²) in [7, 11) is 0. The summed E-state index contributed by atoms with van der Waals surface area (Å²) in [5.41, 5.74) is 2.31. The van der Waals surface area contributed by atoms with E-state index in [1.165, 1.54) is 18.4 Å². The molecule has 24 heavy (non-hydrogen) atoms. The molecule has 1 aromatic heterocycles. The van der Waals surface area contributed by atoms with Crippen LogP contribution in [0.5, 0.6) is 0 Å². The lowest BCUT2D eigenvalue weighted by molar-refractivity contribution is 0.203. The minimum absolute atomic E-state index is 0.104. The number of carbonyl (C=O) groups is 1. The summed E-state index contributed by atoms with van der Waals surface area (Å²) in [6.07, 6.45) is 4.10. The van der Waals surface area contributed by atoms with E-state index >= 15 is 0 Å². The number of hydrogen-bond donors (Lipinski definition) is 2. The highest BCUT2D eigenvalue weighted by Crippen LogP contribution is 2.24. The molecule has 2 heterocycles. The van der Waals surface area contributed by atoms with Crippen molar-refractivity contribution in [1.29, 1.82) is 0 Å². The van der Waals surface area contributed by atoms with E-state index in [0.29, 0.717) is 13.1 Å². The monoisotopic (exact) mass is 327 g/mol. The Morgan fingerprint density at radius 1 is 1.17 bits per heavy atom. The van der Waals surface area contributed by atoms with Gasteiger partial charge in [-0.1, -0.05) is 29.8 Å². The van der Waals surface area contributed by atoms with Crippen LogP contribution in [0.4, 0.5) is 4.79 Å². The summed E-state index contributed by atoms with van der Waals surface area (Å²) in [5.74, 6) is 0.913. The number of hydrogen-bond acceptors (Lipinski definition) is 3. The van der Waals surface area contributed by atoms with Crippen molar-refractivity contribution in [2.45, 2.75) is 32.4 Å². The van der Waals surface area contributed by atoms with Gasteiger partial charge in [-0.25, -0.2) is 4.79 Å². The molecule has 1 fully saturated rings. The number of urea groups is 1. The maximum absolute atomic E-state index is 12.1. The number of nitrogens with one attached hydrogen (secondary N) is 2. The van der Waals surface area contributed by atoms with Crippen LogP contribution in [-0.4, -0.2) is 30.6 Å². The van der Waals surface area contributed by atoms with Gasteiger partial charge in [0.25, 0.3) is 0 Å². The van der Waals surface area contributed by atoms with E-state index in [0.717, 1.165) is 24.4 Å². The van der Waals surface area contributed by atoms with Gasteiger partial charge in [0.15, 0.2) is 0 Å². The van der Waals surface area contributed by atoms with E-state index in [-0.39, 0.29) is 12.1 Å². The van der Waals surface area contributed by atoms with Gasteiger partial charge in [-0.3, -0.25) is 4.90 Å². The van der Waals surface area contributed by atoms with Crippen LogP contribution in [0.1, 0.15) is 35.8 Å². The van der Waals surface area contributed by atoms with E-state index in [1.807, 2.05) is 24.3 Å². The third-order valence-electron chi connectivity index (χ3n) is 4.48. The summed E-state index contributed by atoms with van der Waals surface area (Å²) >= 11 is 0. The predicted octanol–water partition coefficient (Wildman–Crippen LogP) is 3.22. The van der Waals surface area contributed by atoms with E-state index in [9.17, 15) is 4.79 Å². The van der Waals surface area contributed by atoms with Crippen LogP contribution in [0.2, 0.25) is 0 Å². The Hall–Kier alpha value is -2.27. The highest BCUT2D eigenvalue weighted by molar-refractivity contribution is 5.73. The average molecular weight is 327 g/mol. The zero-order chi connectivity index (χ0) is 16.8. The fraction of sp³-hybridized carbons (Fsp3) is 0.421. The van der Waals surface area contributed by atoms with Crippen molar-refractivity contribution in [3.05, 3.63) is 59.5 Å². The smallest absolute Gasteiger partial charge is 0.315 e. The Labute approximate surface area is 143 Å². The second-order valence-corrected chi connectivity index (χ2v) is 6.32. The second-order valence-electron chi connectivity index (χ2n) is 6.32. The molecule has 5 nitrogen and oxygen atoms in total. The molecule has 1 aromatic carbocycles. The summed E-state index contributed by atoms with van der Waals surface area (Å²) in [5, 5.41) is 5.89. The van der Waals surface area contributed by atoms with Crippen LogP contribution in [0.25, 0.3) is 0 Å². The molecule has 0 spiro atoms. The number of nitrogens with zero attached hydrogens (tertiary/aromatic N) is 1. The van der Waals surface area contributed by atoms with E-state index in [2.05, 4.69) is 34.6 Å². The second kappa shape index (κ2) is 8.02. The highest BCUT2D eigenvalue weighted by atomic mass is 16.3. The lowest BCUT2D eigenvalue weighted by atomic mass is 10.1. The number of likely N-dealkylation sites (tertiary alicyclic amines) is 1. The van der Waals surface area contributed by atoms with Crippen molar-refractivity contribution in [2.75, 3.05) is 19.6 Å². The Bertz CT molecular complexity index is 631. The quantitative estimate of drug-likeness (QED) is 0.856. The van der Waals surface area contributed by atoms with Gasteiger partial charge in [-0.2, -0.15) is 0 Å². The van der Waals surface area contributed by atoms with Gasteiger partial charge in [0.05, 0.1) is 12.3 Å². The molecule has 0 aliphatic carbocycles. The average Bonchev–Trinajstić information content (AvgIpc) is 3.29. The molecule has 1 saturated heterocycles. The number of furan rings is 1. The topological polar surface area (TPSA) is 57.5 Å². The SMILES string of the molecule is Cc1ccc(CNC(=O)NCC(c2ccco2)N2CCCC2)cc1. The molecule has 5 heteroatoms. The van der Waals surface area contributed by atoms with Crippen LogP contribution < -0.4 is 10.6 Å². The Balaban J connectivity index is 1.50. The summed E-state index contributed by atoms with van der Waals surface area (Å²) in [4.78, 5) is 14.5. The first kappa shape index (κ1) is 16.6. The molecule has 1 aliphatic heterocycles. The van der Waals surface area contributed by atoms with Crippen molar-refractivity contribution in [3.8, 4) is 0 Å². The normalized spacial score (nSPS) is 16.0. The van der Waals surface area contributed by atoms with Crippen LogP contribution in [0.3, 0.4) is 0 Å². The maximum atomic E-state index is 12.1. The van der Waals surface area contributed by atoms with E-state index < -0.39 is 0 Å². The van der Waals surface area contributed by atoms with Gasteiger partial charge >= 0.3 is 6.03 Å². The van der Waals surface area contributed by atoms with Crippen LogP contribution in [0.15, 0.2) is 47.1 Å². The van der Waals surface area contributed by atoms with Crippen molar-refractivity contribution in [1.82, 2.24) is 15.5 Å². The van der Waals surface area contributed by atoms with E-state index in [1.54, 1.807) is 6.26 Å². The molecular weight excluding hydrogens is 302 g/mol. The minimum atomic E-state index is -0.147. The molecular formula is C19H25N3O2. The predicted molar refractivity (Wildman–Crippen MR) is 93.7 cm³/mol. The molecule has 1 atom stereocenters. The molecule has 0 saturated carbocycles. The molecule has 1 unspecified atom stereocenters. The standard InChI is InChI=1S/C19H25N3O2/c1-15-6-8-16(9-7-15)13-20-19(23)21-14-17(18-5-4-12-24-18)22-10-2-3-11-22/h4-9,12,17H,2-3,10-11,13-14H2,1H3,(H2,20,21,23). The summed E-state index contributed by atoms with van der Waals surface area (Å²) in [6, 6.07) is 12.0. The largest absolute Gasteiger partial charge is 0.468 e. The van der Waals surface area contributed by atoms with Gasteiger partial charge < -0.3 is 15.1 Å². The molecule has 0 radical (unpaired) electrons. The number of rotatable bonds is 6. The third-order valence-corrected chi connectivity index (χ3v) is 4.48. The number of amides is 2. The van der Waals surface area contributed by atoms with Crippen molar-refractivity contribution in [3.63, 3.8) is 0 Å². The van der Waals surface area contributed by atoms with Gasteiger partial charge in [0.1, 0.15) is 5.76 Å². The van der Waals surface area contributed by atoms with Gasteiger partial charge in [0.2, 0.25) is 0 Å². The Morgan fingerprint density at radius 3 is 2.58 bits per heavy atom. The minimum Gasteiger partial charge on any atom is -0.468 e. The van der Waals surface area contributed by atoms with Crippen molar-refractivity contribution < 1.29 is 9.21 Å². The number of benzene rings is 1. The first-order valence-corrected chi connectivity index (χ1v) is 8.57. The van der Waals surface area contributed by atoms with Gasteiger partial charge in [-0.05, 0) is 50.6 Å².